The zero-order valence-electron chi connectivity index (χ0n) is 19.2. The summed E-state index contributed by atoms with van der Waals surface area (Å²) >= 11 is 0. The lowest BCUT2D eigenvalue weighted by molar-refractivity contribution is -0.118. The van der Waals surface area contributed by atoms with Gasteiger partial charge in [0.2, 0.25) is 5.91 Å². The van der Waals surface area contributed by atoms with Gasteiger partial charge in [0, 0.05) is 17.7 Å². The zero-order valence-corrected chi connectivity index (χ0v) is 19.2. The molecule has 35 heavy (non-hydrogen) atoms. The molecule has 2 amide bonds. The monoisotopic (exact) mass is 474 g/mol. The molecule has 0 saturated carbocycles. The molecule has 180 valence electrons. The predicted molar refractivity (Wildman–Crippen MR) is 131 cm³/mol. The molecule has 0 radical (unpaired) electrons. The molecule has 0 aliphatic heterocycles. The summed E-state index contributed by atoms with van der Waals surface area (Å²) in [4.78, 5) is 36.5. The van der Waals surface area contributed by atoms with E-state index in [1.165, 1.54) is 12.1 Å². The first-order valence-electron chi connectivity index (χ1n) is 11.4. The highest BCUT2D eigenvalue weighted by molar-refractivity contribution is 5.98. The number of fused-ring (bicyclic) bond motifs is 3. The highest BCUT2D eigenvalue weighted by Gasteiger charge is 2.29. The van der Waals surface area contributed by atoms with Gasteiger partial charge in [-0.2, -0.15) is 0 Å². The molecule has 3 aromatic carbocycles. The third-order valence-electron chi connectivity index (χ3n) is 6.03. The minimum absolute atomic E-state index is 0.0951. The second-order valence-electron chi connectivity index (χ2n) is 8.34. The van der Waals surface area contributed by atoms with Crippen LogP contribution in [-0.4, -0.2) is 40.8 Å². The Morgan fingerprint density at radius 1 is 0.971 bits per heavy atom. The molecule has 1 aliphatic carbocycles. The van der Waals surface area contributed by atoms with Gasteiger partial charge in [-0.3, -0.25) is 4.79 Å². The molecule has 8 nitrogen and oxygen atoms in total. The van der Waals surface area contributed by atoms with Gasteiger partial charge in [0.1, 0.15) is 24.0 Å². The quantitative estimate of drug-likeness (QED) is 0.374. The smallest absolute Gasteiger partial charge is 0.407 e. The summed E-state index contributed by atoms with van der Waals surface area (Å²) in [6.07, 6.45) is 0.296. The number of rotatable bonds is 8. The maximum Gasteiger partial charge on any atom is 0.407 e. The molecule has 3 aromatic rings. The Kier molecular flexibility index (Phi) is 7.01. The first-order valence-corrected chi connectivity index (χ1v) is 11.4. The number of carbonyl (C=O) groups excluding carboxylic acids is 2. The van der Waals surface area contributed by atoms with Gasteiger partial charge in [-0.15, -0.1) is 0 Å². The minimum Gasteiger partial charge on any atom is -0.507 e. The molecule has 0 fully saturated rings. The van der Waals surface area contributed by atoms with Crippen LogP contribution in [0, 0.1) is 0 Å². The van der Waals surface area contributed by atoms with E-state index in [0.717, 1.165) is 28.3 Å². The summed E-state index contributed by atoms with van der Waals surface area (Å²) in [5.74, 6) is -2.34. The molecule has 1 aliphatic rings. The Morgan fingerprint density at radius 2 is 1.60 bits per heavy atom. The molecule has 0 saturated heterocycles. The van der Waals surface area contributed by atoms with Crippen molar-refractivity contribution in [3.8, 4) is 16.9 Å². The predicted octanol–water partition coefficient (Wildman–Crippen LogP) is 4.74. The molecule has 0 spiro atoms. The number of aromatic hydroxyl groups is 1. The van der Waals surface area contributed by atoms with Crippen molar-refractivity contribution in [2.75, 3.05) is 11.9 Å². The molecule has 4 N–H and O–H groups in total. The fourth-order valence-electron chi connectivity index (χ4n) is 4.36. The average Bonchev–Trinajstić information content (AvgIpc) is 3.16. The van der Waals surface area contributed by atoms with E-state index in [9.17, 15) is 19.5 Å². The first-order chi connectivity index (χ1) is 16.9. The lowest BCUT2D eigenvalue weighted by Gasteiger charge is -2.19. The van der Waals surface area contributed by atoms with Gasteiger partial charge in [-0.1, -0.05) is 61.9 Å². The molecule has 0 aromatic heterocycles. The van der Waals surface area contributed by atoms with E-state index < -0.39 is 29.8 Å². The van der Waals surface area contributed by atoms with Crippen molar-refractivity contribution in [2.24, 2.45) is 0 Å². The van der Waals surface area contributed by atoms with E-state index in [0.29, 0.717) is 12.8 Å². The fourth-order valence-corrected chi connectivity index (χ4v) is 4.36. The van der Waals surface area contributed by atoms with Crippen molar-refractivity contribution in [2.45, 2.75) is 31.7 Å². The summed E-state index contributed by atoms with van der Waals surface area (Å²) in [5.41, 5.74) is 4.37. The molecular weight excluding hydrogens is 448 g/mol. The van der Waals surface area contributed by atoms with Crippen molar-refractivity contribution < 1.29 is 29.3 Å². The van der Waals surface area contributed by atoms with Crippen molar-refractivity contribution in [3.63, 3.8) is 0 Å². The number of hydrogen-bond donors (Lipinski definition) is 4. The van der Waals surface area contributed by atoms with Crippen molar-refractivity contribution in [1.82, 2.24) is 5.32 Å². The lowest BCUT2D eigenvalue weighted by Crippen LogP contribution is -2.44. The van der Waals surface area contributed by atoms with E-state index in [1.54, 1.807) is 0 Å². The number of ether oxygens (including phenoxy) is 1. The van der Waals surface area contributed by atoms with Crippen LogP contribution in [-0.2, 0) is 9.53 Å². The number of benzene rings is 3. The number of carboxylic acids is 1. The van der Waals surface area contributed by atoms with Crippen LogP contribution in [0.4, 0.5) is 10.5 Å². The molecule has 8 heteroatoms. The van der Waals surface area contributed by atoms with Crippen LogP contribution >= 0.6 is 0 Å². The van der Waals surface area contributed by atoms with Gasteiger partial charge in [0.05, 0.1) is 0 Å². The number of alkyl carbamates (subject to hydrolysis) is 1. The molecular formula is C27H26N2O6. The van der Waals surface area contributed by atoms with Crippen LogP contribution in [0.25, 0.3) is 11.1 Å². The Hall–Kier alpha value is -4.33. The van der Waals surface area contributed by atoms with Gasteiger partial charge in [0.15, 0.2) is 0 Å². The van der Waals surface area contributed by atoms with Crippen molar-refractivity contribution in [1.29, 1.82) is 0 Å². The van der Waals surface area contributed by atoms with Gasteiger partial charge in [0.25, 0.3) is 0 Å². The largest absolute Gasteiger partial charge is 0.507 e. The van der Waals surface area contributed by atoms with Gasteiger partial charge >= 0.3 is 12.1 Å². The standard InChI is InChI=1S/C27H26N2O6/c1-2-7-23(25(31)28-16-12-13-21(26(32)33)24(30)14-16)29-27(34)35-15-22-19-10-5-3-8-17(19)18-9-4-6-11-20(18)22/h3-6,8-14,22-23,30H,2,7,15H2,1H3,(H,28,31)(H,29,34)(H,32,33)/t23-/m1/s1. The number of anilines is 1. The minimum atomic E-state index is -1.28. The van der Waals surface area contributed by atoms with Crippen LogP contribution in [0.5, 0.6) is 5.75 Å². The number of hydrogen-bond acceptors (Lipinski definition) is 5. The van der Waals surface area contributed by atoms with Crippen LogP contribution in [0.3, 0.4) is 0 Å². The van der Waals surface area contributed by atoms with Crippen LogP contribution in [0.1, 0.15) is 47.2 Å². The summed E-state index contributed by atoms with van der Waals surface area (Å²) in [7, 11) is 0. The maximum atomic E-state index is 12.8. The average molecular weight is 475 g/mol. The summed E-state index contributed by atoms with van der Waals surface area (Å²) in [6.45, 7) is 2.01. The fraction of sp³-hybridized carbons (Fsp3) is 0.222. The highest BCUT2D eigenvalue weighted by Crippen LogP contribution is 2.44. The number of carbonyl (C=O) groups is 3. The first kappa shape index (κ1) is 23.8. The molecule has 0 bridgehead atoms. The second-order valence-corrected chi connectivity index (χ2v) is 8.34. The summed E-state index contributed by atoms with van der Waals surface area (Å²) in [6, 6.07) is 18.9. The van der Waals surface area contributed by atoms with Gasteiger partial charge < -0.3 is 25.6 Å². The lowest BCUT2D eigenvalue weighted by atomic mass is 9.98. The number of aromatic carboxylic acids is 1. The zero-order chi connectivity index (χ0) is 24.9. The van der Waals surface area contributed by atoms with Crippen molar-refractivity contribution in [3.05, 3.63) is 83.4 Å². The Morgan fingerprint density at radius 3 is 2.17 bits per heavy atom. The third-order valence-corrected chi connectivity index (χ3v) is 6.03. The number of amides is 2. The van der Waals surface area contributed by atoms with E-state index in [4.69, 9.17) is 9.84 Å². The number of phenols is 1. The molecule has 4 rings (SSSR count). The van der Waals surface area contributed by atoms with Crippen LogP contribution in [0.2, 0.25) is 0 Å². The topological polar surface area (TPSA) is 125 Å². The normalized spacial score (nSPS) is 12.8. The summed E-state index contributed by atoms with van der Waals surface area (Å²) in [5, 5.41) is 24.1. The van der Waals surface area contributed by atoms with E-state index >= 15 is 0 Å². The van der Waals surface area contributed by atoms with Crippen LogP contribution in [0.15, 0.2) is 66.7 Å². The maximum absolute atomic E-state index is 12.8. The summed E-state index contributed by atoms with van der Waals surface area (Å²) < 4.78 is 5.54. The molecule has 1 atom stereocenters. The van der Waals surface area contributed by atoms with Gasteiger partial charge in [-0.05, 0) is 40.8 Å². The molecule has 0 heterocycles. The second kappa shape index (κ2) is 10.3. The number of carboxylic acid groups (broad SMARTS) is 1. The van der Waals surface area contributed by atoms with E-state index in [-0.39, 0.29) is 23.8 Å². The Labute approximate surface area is 202 Å². The van der Waals surface area contributed by atoms with Crippen LogP contribution < -0.4 is 10.6 Å². The van der Waals surface area contributed by atoms with E-state index in [2.05, 4.69) is 22.8 Å². The van der Waals surface area contributed by atoms with Gasteiger partial charge in [-0.25, -0.2) is 9.59 Å². The van der Waals surface area contributed by atoms with Crippen molar-refractivity contribution >= 4 is 23.7 Å². The third kappa shape index (κ3) is 5.11. The Balaban J connectivity index is 1.40. The van der Waals surface area contributed by atoms with E-state index in [1.807, 2.05) is 43.3 Å². The Bertz CT molecular complexity index is 1230. The number of nitrogens with one attached hydrogen (secondary N) is 2. The highest BCUT2D eigenvalue weighted by atomic mass is 16.5. The SMILES string of the molecule is CCC[C@@H](NC(=O)OCC1c2ccccc2-c2ccccc21)C(=O)Nc1ccc(C(=O)O)c(O)c1. The molecule has 0 unspecified atom stereocenters.